The first kappa shape index (κ1) is 16.5. The van der Waals surface area contributed by atoms with Crippen molar-refractivity contribution in [3.8, 4) is 16.9 Å². The molecule has 0 saturated heterocycles. The van der Waals surface area contributed by atoms with Gasteiger partial charge in [-0.1, -0.05) is 18.2 Å². The topological polar surface area (TPSA) is 51.5 Å². The zero-order valence-electron chi connectivity index (χ0n) is 15.1. The van der Waals surface area contributed by atoms with E-state index in [0.29, 0.717) is 34.5 Å². The second-order valence-electron chi connectivity index (χ2n) is 6.77. The van der Waals surface area contributed by atoms with Crippen molar-refractivity contribution >= 4 is 16.7 Å². The summed E-state index contributed by atoms with van der Waals surface area (Å²) in [6.07, 6.45) is 0. The Labute approximate surface area is 151 Å². The van der Waals surface area contributed by atoms with Crippen LogP contribution in [0.15, 0.2) is 47.3 Å². The zero-order chi connectivity index (χ0) is 18.4. The lowest BCUT2D eigenvalue weighted by Gasteiger charge is -2.16. The van der Waals surface area contributed by atoms with Crippen molar-refractivity contribution in [3.63, 3.8) is 0 Å². The maximum Gasteiger partial charge on any atom is 0.259 e. The Morgan fingerprint density at radius 3 is 2.50 bits per heavy atom. The lowest BCUT2D eigenvalue weighted by atomic mass is 10.0. The first-order valence-electron chi connectivity index (χ1n) is 8.56. The molecule has 2 aromatic carbocycles. The number of ether oxygens (including phenoxy) is 1. The number of benzene rings is 2. The molecule has 4 rings (SSSR count). The molecule has 0 atom stereocenters. The number of pyridine rings is 1. The Kier molecular flexibility index (Phi) is 3.89. The van der Waals surface area contributed by atoms with E-state index in [4.69, 9.17) is 4.74 Å². The Balaban J connectivity index is 2.05. The number of nitrogens with zero attached hydrogens (tertiary/aromatic N) is 2. The van der Waals surface area contributed by atoms with Crippen molar-refractivity contribution in [1.82, 2.24) is 9.47 Å². The number of carbonyl (C=O) groups is 1. The summed E-state index contributed by atoms with van der Waals surface area (Å²) in [6.45, 7) is 1.31. The summed E-state index contributed by atoms with van der Waals surface area (Å²) in [4.78, 5) is 28.4. The van der Waals surface area contributed by atoms with Gasteiger partial charge in [-0.05, 0) is 43.9 Å². The summed E-state index contributed by atoms with van der Waals surface area (Å²) in [5.74, 6) is 0.504. The maximum atomic E-state index is 13.3. The van der Waals surface area contributed by atoms with Crippen molar-refractivity contribution in [1.29, 1.82) is 0 Å². The fourth-order valence-electron chi connectivity index (χ4n) is 3.60. The number of hydrogen-bond acceptors (Lipinski definition) is 4. The number of fused-ring (bicyclic) bond motifs is 5. The van der Waals surface area contributed by atoms with Gasteiger partial charge in [0.25, 0.3) is 5.56 Å². The molecule has 5 nitrogen and oxygen atoms in total. The van der Waals surface area contributed by atoms with E-state index in [1.54, 1.807) is 23.8 Å². The Bertz CT molecular complexity index is 1100. The van der Waals surface area contributed by atoms with Gasteiger partial charge in [-0.2, -0.15) is 0 Å². The largest absolute Gasteiger partial charge is 0.497 e. The molecule has 0 bridgehead atoms. The quantitative estimate of drug-likeness (QED) is 0.569. The van der Waals surface area contributed by atoms with Gasteiger partial charge in [0.1, 0.15) is 5.75 Å². The number of methoxy groups -OCH3 is 1. The third-order valence-corrected chi connectivity index (χ3v) is 4.91. The SMILES string of the molecule is COc1ccc2c(c1)C(=O)c1c-2c(=O)n(CCN(C)C)c2ccccc12. The number of para-hydroxylation sites is 1. The third kappa shape index (κ3) is 2.35. The molecular formula is C21H20N2O3. The van der Waals surface area contributed by atoms with E-state index >= 15 is 0 Å². The van der Waals surface area contributed by atoms with Crippen molar-refractivity contribution < 1.29 is 9.53 Å². The minimum Gasteiger partial charge on any atom is -0.497 e. The molecule has 1 heterocycles. The van der Waals surface area contributed by atoms with Gasteiger partial charge in [0.05, 0.1) is 18.2 Å². The number of aromatic nitrogens is 1. The van der Waals surface area contributed by atoms with E-state index in [9.17, 15) is 9.59 Å². The highest BCUT2D eigenvalue weighted by Crippen LogP contribution is 2.39. The second kappa shape index (κ2) is 6.11. The van der Waals surface area contributed by atoms with Gasteiger partial charge in [-0.15, -0.1) is 0 Å². The van der Waals surface area contributed by atoms with Crippen LogP contribution in [0.3, 0.4) is 0 Å². The van der Waals surface area contributed by atoms with Crippen LogP contribution in [-0.2, 0) is 6.54 Å². The average Bonchev–Trinajstić information content (AvgIpc) is 2.94. The molecular weight excluding hydrogens is 328 g/mol. The molecule has 3 aromatic rings. The van der Waals surface area contributed by atoms with Crippen LogP contribution < -0.4 is 10.3 Å². The molecule has 1 aromatic heterocycles. The Morgan fingerprint density at radius 2 is 1.77 bits per heavy atom. The van der Waals surface area contributed by atoms with Gasteiger partial charge in [-0.25, -0.2) is 0 Å². The number of ketones is 1. The molecule has 0 spiro atoms. The molecule has 0 unspecified atom stereocenters. The monoisotopic (exact) mass is 348 g/mol. The van der Waals surface area contributed by atoms with E-state index in [0.717, 1.165) is 17.4 Å². The smallest absolute Gasteiger partial charge is 0.259 e. The van der Waals surface area contributed by atoms with Gasteiger partial charge in [0, 0.05) is 29.6 Å². The lowest BCUT2D eigenvalue weighted by molar-refractivity contribution is 0.104. The number of carbonyl (C=O) groups excluding carboxylic acids is 1. The maximum absolute atomic E-state index is 13.3. The molecule has 26 heavy (non-hydrogen) atoms. The summed E-state index contributed by atoms with van der Waals surface area (Å²) in [5.41, 5.74) is 2.93. The highest BCUT2D eigenvalue weighted by molar-refractivity contribution is 6.27. The molecule has 5 heteroatoms. The van der Waals surface area contributed by atoms with Crippen LogP contribution in [0, 0.1) is 0 Å². The standard InChI is InChI=1S/C21H20N2O3/c1-22(2)10-11-23-17-7-5-4-6-15(17)18-19(21(23)25)14-9-8-13(26-3)12-16(14)20(18)24/h4-9,12H,10-11H2,1-3H3. The van der Waals surface area contributed by atoms with Gasteiger partial charge < -0.3 is 14.2 Å². The first-order chi connectivity index (χ1) is 12.5. The summed E-state index contributed by atoms with van der Waals surface area (Å²) in [6, 6.07) is 12.9. The summed E-state index contributed by atoms with van der Waals surface area (Å²) < 4.78 is 7.03. The van der Waals surface area contributed by atoms with Crippen LogP contribution in [0.25, 0.3) is 22.0 Å². The predicted molar refractivity (Wildman–Crippen MR) is 102 cm³/mol. The number of likely N-dealkylation sites (N-methyl/N-ethyl adjacent to an activating group) is 1. The van der Waals surface area contributed by atoms with Gasteiger partial charge >= 0.3 is 0 Å². The van der Waals surface area contributed by atoms with Crippen LogP contribution in [0.1, 0.15) is 15.9 Å². The highest BCUT2D eigenvalue weighted by atomic mass is 16.5. The molecule has 0 amide bonds. The minimum absolute atomic E-state index is 0.109. The van der Waals surface area contributed by atoms with Crippen molar-refractivity contribution in [2.24, 2.45) is 0 Å². The van der Waals surface area contributed by atoms with Crippen molar-refractivity contribution in [2.45, 2.75) is 6.54 Å². The first-order valence-corrected chi connectivity index (χ1v) is 8.56. The normalized spacial score (nSPS) is 12.5. The summed E-state index contributed by atoms with van der Waals surface area (Å²) in [7, 11) is 5.52. The van der Waals surface area contributed by atoms with Crippen LogP contribution >= 0.6 is 0 Å². The predicted octanol–water partition coefficient (Wildman–Crippen LogP) is 2.78. The molecule has 1 aliphatic carbocycles. The van der Waals surface area contributed by atoms with Crippen LogP contribution in [-0.4, -0.2) is 43.0 Å². The third-order valence-electron chi connectivity index (χ3n) is 4.91. The van der Waals surface area contributed by atoms with E-state index in [-0.39, 0.29) is 11.3 Å². The minimum atomic E-state index is -0.113. The molecule has 0 aliphatic heterocycles. The van der Waals surface area contributed by atoms with Crippen LogP contribution in [0.2, 0.25) is 0 Å². The van der Waals surface area contributed by atoms with E-state index in [1.165, 1.54) is 0 Å². The van der Waals surface area contributed by atoms with Crippen molar-refractivity contribution in [3.05, 3.63) is 63.9 Å². The van der Waals surface area contributed by atoms with Crippen molar-refractivity contribution in [2.75, 3.05) is 27.7 Å². The Morgan fingerprint density at radius 1 is 1.00 bits per heavy atom. The summed E-state index contributed by atoms with van der Waals surface area (Å²) >= 11 is 0. The van der Waals surface area contributed by atoms with Gasteiger partial charge in [0.2, 0.25) is 0 Å². The van der Waals surface area contributed by atoms with Crippen LogP contribution in [0.4, 0.5) is 0 Å². The Hall–Kier alpha value is -2.92. The van der Waals surface area contributed by atoms with E-state index in [1.807, 2.05) is 49.3 Å². The summed E-state index contributed by atoms with van der Waals surface area (Å²) in [5, 5.41) is 0.820. The molecule has 0 N–H and O–H groups in total. The highest BCUT2D eigenvalue weighted by Gasteiger charge is 2.32. The lowest BCUT2D eigenvalue weighted by Crippen LogP contribution is -2.28. The van der Waals surface area contributed by atoms with Gasteiger partial charge in [0.15, 0.2) is 5.78 Å². The second-order valence-corrected chi connectivity index (χ2v) is 6.77. The van der Waals surface area contributed by atoms with Gasteiger partial charge in [-0.3, -0.25) is 9.59 Å². The molecule has 1 aliphatic rings. The average molecular weight is 348 g/mol. The molecule has 0 fully saturated rings. The molecule has 0 saturated carbocycles. The van der Waals surface area contributed by atoms with E-state index < -0.39 is 0 Å². The fraction of sp³-hybridized carbons (Fsp3) is 0.238. The number of rotatable bonds is 4. The van der Waals surface area contributed by atoms with Crippen LogP contribution in [0.5, 0.6) is 5.75 Å². The molecule has 132 valence electrons. The molecule has 0 radical (unpaired) electrons. The fourth-order valence-corrected chi connectivity index (χ4v) is 3.60. The van der Waals surface area contributed by atoms with E-state index in [2.05, 4.69) is 0 Å². The number of hydrogen-bond donors (Lipinski definition) is 0. The zero-order valence-corrected chi connectivity index (χ0v) is 15.1.